The molecule has 13 heavy (non-hydrogen) atoms. The first-order valence-corrected chi connectivity index (χ1v) is 4.64. The van der Waals surface area contributed by atoms with E-state index in [4.69, 9.17) is 23.2 Å². The Bertz CT molecular complexity index is 305. The van der Waals surface area contributed by atoms with Gasteiger partial charge >= 0.3 is 0 Å². The highest BCUT2D eigenvalue weighted by molar-refractivity contribution is 6.35. The number of Topliss-reactive ketones (excluding diaryl/α,β-unsaturated/α-hetero) is 1. The molecule has 0 unspecified atom stereocenters. The quantitative estimate of drug-likeness (QED) is 0.780. The average Bonchev–Trinajstić information content (AvgIpc) is 2.03. The van der Waals surface area contributed by atoms with Crippen LogP contribution in [0.15, 0.2) is 12.4 Å². The van der Waals surface area contributed by atoms with Crippen LogP contribution in [0.1, 0.15) is 18.9 Å². The molecular formula is C9H9Cl2NO. The summed E-state index contributed by atoms with van der Waals surface area (Å²) in [7, 11) is 0. The molecule has 2 nitrogen and oxygen atoms in total. The minimum atomic E-state index is 0.129. The zero-order chi connectivity index (χ0) is 9.84. The predicted octanol–water partition coefficient (Wildman–Crippen LogP) is 2.91. The highest BCUT2D eigenvalue weighted by Crippen LogP contribution is 2.23. The number of nitrogens with zero attached hydrogens (tertiary/aromatic N) is 1. The van der Waals surface area contributed by atoms with E-state index < -0.39 is 0 Å². The Kier molecular flexibility index (Phi) is 3.70. The molecule has 0 aromatic carbocycles. The molecule has 0 saturated carbocycles. The summed E-state index contributed by atoms with van der Waals surface area (Å²) in [6.45, 7) is 1.54. The van der Waals surface area contributed by atoms with Crippen molar-refractivity contribution in [3.8, 4) is 0 Å². The van der Waals surface area contributed by atoms with Gasteiger partial charge in [-0.3, -0.25) is 4.98 Å². The molecule has 1 heterocycles. The fourth-order valence-electron chi connectivity index (χ4n) is 0.978. The Hall–Kier alpha value is -0.600. The molecule has 0 N–H and O–H groups in total. The van der Waals surface area contributed by atoms with Crippen LogP contribution < -0.4 is 0 Å². The van der Waals surface area contributed by atoms with E-state index in [1.54, 1.807) is 6.92 Å². The number of hydrogen-bond donors (Lipinski definition) is 0. The third-order valence-electron chi connectivity index (χ3n) is 1.68. The SMILES string of the molecule is CC(=O)CCc1c(Cl)cncc1Cl. The number of pyridine rings is 1. The van der Waals surface area contributed by atoms with Gasteiger partial charge in [-0.1, -0.05) is 23.2 Å². The monoisotopic (exact) mass is 217 g/mol. The highest BCUT2D eigenvalue weighted by Gasteiger charge is 2.06. The van der Waals surface area contributed by atoms with Gasteiger partial charge in [0.1, 0.15) is 5.78 Å². The molecule has 1 aromatic rings. The molecule has 0 aliphatic carbocycles. The van der Waals surface area contributed by atoms with E-state index in [0.717, 1.165) is 5.56 Å². The number of aromatic nitrogens is 1. The summed E-state index contributed by atoms with van der Waals surface area (Å²) in [5.41, 5.74) is 0.800. The van der Waals surface area contributed by atoms with Gasteiger partial charge in [0.15, 0.2) is 0 Å². The maximum absolute atomic E-state index is 10.7. The van der Waals surface area contributed by atoms with Gasteiger partial charge in [0, 0.05) is 18.8 Å². The summed E-state index contributed by atoms with van der Waals surface area (Å²) in [5.74, 6) is 0.129. The number of ketones is 1. The van der Waals surface area contributed by atoms with Crippen molar-refractivity contribution in [1.82, 2.24) is 4.98 Å². The number of carbonyl (C=O) groups excluding carboxylic acids is 1. The minimum Gasteiger partial charge on any atom is -0.300 e. The Labute approximate surface area is 86.9 Å². The molecule has 0 spiro atoms. The highest BCUT2D eigenvalue weighted by atomic mass is 35.5. The Balaban J connectivity index is 2.81. The van der Waals surface area contributed by atoms with Gasteiger partial charge in [-0.25, -0.2) is 0 Å². The van der Waals surface area contributed by atoms with Crippen LogP contribution in [0.25, 0.3) is 0 Å². The standard InChI is InChI=1S/C9H9Cl2NO/c1-6(13)2-3-7-8(10)4-12-5-9(7)11/h4-5H,2-3H2,1H3. The number of rotatable bonds is 3. The van der Waals surface area contributed by atoms with E-state index in [-0.39, 0.29) is 5.78 Å². The summed E-state index contributed by atoms with van der Waals surface area (Å²) in [4.78, 5) is 14.6. The zero-order valence-electron chi connectivity index (χ0n) is 7.18. The van der Waals surface area contributed by atoms with Gasteiger partial charge < -0.3 is 4.79 Å². The van der Waals surface area contributed by atoms with Crippen molar-refractivity contribution < 1.29 is 4.79 Å². The smallest absolute Gasteiger partial charge is 0.130 e. The predicted molar refractivity (Wildman–Crippen MR) is 53.3 cm³/mol. The molecule has 0 bridgehead atoms. The van der Waals surface area contributed by atoms with Crippen LogP contribution in [0.5, 0.6) is 0 Å². The third-order valence-corrected chi connectivity index (χ3v) is 2.33. The van der Waals surface area contributed by atoms with Crippen LogP contribution in [0.2, 0.25) is 10.0 Å². The van der Waals surface area contributed by atoms with Crippen molar-refractivity contribution in [2.45, 2.75) is 19.8 Å². The zero-order valence-corrected chi connectivity index (χ0v) is 8.69. The van der Waals surface area contributed by atoms with Crippen molar-refractivity contribution in [2.75, 3.05) is 0 Å². The maximum Gasteiger partial charge on any atom is 0.130 e. The van der Waals surface area contributed by atoms with Gasteiger partial charge in [-0.05, 0) is 18.9 Å². The molecule has 0 atom stereocenters. The topological polar surface area (TPSA) is 30.0 Å². The first-order valence-electron chi connectivity index (χ1n) is 3.88. The van der Waals surface area contributed by atoms with Crippen LogP contribution in [0, 0.1) is 0 Å². The first-order chi connectivity index (χ1) is 6.11. The van der Waals surface area contributed by atoms with Crippen molar-refractivity contribution in [1.29, 1.82) is 0 Å². The second-order valence-electron chi connectivity index (χ2n) is 2.78. The molecule has 4 heteroatoms. The lowest BCUT2D eigenvalue weighted by Crippen LogP contribution is -1.96. The molecule has 0 fully saturated rings. The van der Waals surface area contributed by atoms with E-state index >= 15 is 0 Å². The molecule has 0 aliphatic heterocycles. The Morgan fingerprint density at radius 3 is 2.38 bits per heavy atom. The molecule has 0 amide bonds. The van der Waals surface area contributed by atoms with E-state index in [0.29, 0.717) is 22.9 Å². The third kappa shape index (κ3) is 2.98. The van der Waals surface area contributed by atoms with Gasteiger partial charge in [0.25, 0.3) is 0 Å². The van der Waals surface area contributed by atoms with E-state index in [1.807, 2.05) is 0 Å². The van der Waals surface area contributed by atoms with Crippen molar-refractivity contribution >= 4 is 29.0 Å². The number of hydrogen-bond acceptors (Lipinski definition) is 2. The van der Waals surface area contributed by atoms with Crippen molar-refractivity contribution in [3.05, 3.63) is 28.0 Å². The minimum absolute atomic E-state index is 0.129. The number of carbonyl (C=O) groups is 1. The lowest BCUT2D eigenvalue weighted by atomic mass is 10.1. The van der Waals surface area contributed by atoms with Crippen LogP contribution in [-0.2, 0) is 11.2 Å². The second-order valence-corrected chi connectivity index (χ2v) is 3.60. The fraction of sp³-hybridized carbons (Fsp3) is 0.333. The second kappa shape index (κ2) is 4.58. The largest absolute Gasteiger partial charge is 0.300 e. The van der Waals surface area contributed by atoms with Crippen LogP contribution in [0.3, 0.4) is 0 Å². The average molecular weight is 218 g/mol. The summed E-state index contributed by atoms with van der Waals surface area (Å²) in [6.07, 6.45) is 4.10. The van der Waals surface area contributed by atoms with Crippen molar-refractivity contribution in [2.24, 2.45) is 0 Å². The summed E-state index contributed by atoms with van der Waals surface area (Å²) < 4.78 is 0. The number of halogens is 2. The van der Waals surface area contributed by atoms with Gasteiger partial charge in [-0.15, -0.1) is 0 Å². The lowest BCUT2D eigenvalue weighted by molar-refractivity contribution is -0.116. The van der Waals surface area contributed by atoms with Gasteiger partial charge in [-0.2, -0.15) is 0 Å². The Morgan fingerprint density at radius 1 is 1.38 bits per heavy atom. The van der Waals surface area contributed by atoms with Crippen LogP contribution >= 0.6 is 23.2 Å². The fourth-order valence-corrected chi connectivity index (χ4v) is 1.53. The first kappa shape index (κ1) is 10.5. The molecule has 0 radical (unpaired) electrons. The summed E-state index contributed by atoms with van der Waals surface area (Å²) >= 11 is 11.7. The molecular weight excluding hydrogens is 209 g/mol. The Morgan fingerprint density at radius 2 is 1.92 bits per heavy atom. The molecule has 0 saturated heterocycles. The van der Waals surface area contributed by atoms with Crippen LogP contribution in [0.4, 0.5) is 0 Å². The summed E-state index contributed by atoms with van der Waals surface area (Å²) in [6, 6.07) is 0. The van der Waals surface area contributed by atoms with E-state index in [9.17, 15) is 4.79 Å². The maximum atomic E-state index is 10.7. The lowest BCUT2D eigenvalue weighted by Gasteiger charge is -2.03. The van der Waals surface area contributed by atoms with Crippen molar-refractivity contribution in [3.63, 3.8) is 0 Å². The molecule has 0 aliphatic rings. The normalized spacial score (nSPS) is 10.1. The van der Waals surface area contributed by atoms with E-state index in [2.05, 4.69) is 4.98 Å². The molecule has 1 aromatic heterocycles. The molecule has 1 rings (SSSR count). The van der Waals surface area contributed by atoms with E-state index in [1.165, 1.54) is 12.4 Å². The van der Waals surface area contributed by atoms with Gasteiger partial charge in [0.2, 0.25) is 0 Å². The molecule has 70 valence electrons. The summed E-state index contributed by atoms with van der Waals surface area (Å²) in [5, 5.41) is 1.04. The van der Waals surface area contributed by atoms with Gasteiger partial charge in [0.05, 0.1) is 10.0 Å². The van der Waals surface area contributed by atoms with Crippen LogP contribution in [-0.4, -0.2) is 10.8 Å².